The van der Waals surface area contributed by atoms with E-state index in [-0.39, 0.29) is 10.9 Å². The van der Waals surface area contributed by atoms with Crippen LogP contribution in [0.15, 0.2) is 47.4 Å². The van der Waals surface area contributed by atoms with Gasteiger partial charge < -0.3 is 24.2 Å². The van der Waals surface area contributed by atoms with E-state index in [4.69, 9.17) is 14.5 Å². The van der Waals surface area contributed by atoms with Gasteiger partial charge in [-0.05, 0) is 88.9 Å². The number of sulfonamides is 1. The van der Waals surface area contributed by atoms with Crippen LogP contribution in [0.3, 0.4) is 0 Å². The van der Waals surface area contributed by atoms with Crippen LogP contribution in [0.1, 0.15) is 57.4 Å². The second kappa shape index (κ2) is 12.3. The molecule has 1 aliphatic carbocycles. The minimum atomic E-state index is -4.34. The number of pyridine rings is 1. The number of carbonyl (C=O) groups excluding carboxylic acids is 2. The van der Waals surface area contributed by atoms with Gasteiger partial charge in [-0.25, -0.2) is 18.0 Å². The fourth-order valence-corrected chi connectivity index (χ4v) is 7.58. The Kier molecular flexibility index (Phi) is 8.89. The second-order valence-corrected chi connectivity index (χ2v) is 15.5. The summed E-state index contributed by atoms with van der Waals surface area (Å²) >= 11 is 0. The SMILES string of the molecule is COc1ccc(Cc2cc(C)c3c(N4CCN(C(=O)N(C)C)CC4)cc(S(=O)(=O)N(C(=O)OC(C)(C)C)C4(C)CC4)cc3n2)cc1. The fraction of sp³-hybridized carbons (Fsp3) is 0.500. The van der Waals surface area contributed by atoms with Crippen molar-refractivity contribution in [3.63, 3.8) is 0 Å². The first-order valence-corrected chi connectivity index (χ1v) is 17.0. The zero-order valence-electron chi connectivity index (χ0n) is 28.1. The molecule has 0 bridgehead atoms. The molecule has 2 aromatic carbocycles. The Balaban J connectivity index is 1.61. The van der Waals surface area contributed by atoms with Crippen molar-refractivity contribution in [3.05, 3.63) is 59.3 Å². The van der Waals surface area contributed by atoms with Gasteiger partial charge in [0.05, 0.1) is 23.1 Å². The van der Waals surface area contributed by atoms with E-state index in [2.05, 4.69) is 4.90 Å². The van der Waals surface area contributed by atoms with Gasteiger partial charge in [0.2, 0.25) is 0 Å². The summed E-state index contributed by atoms with van der Waals surface area (Å²) in [5, 5.41) is 0.839. The molecular weight excluding hydrogens is 606 g/mol. The summed E-state index contributed by atoms with van der Waals surface area (Å²) in [4.78, 5) is 36.5. The zero-order valence-corrected chi connectivity index (χ0v) is 28.9. The highest BCUT2D eigenvalue weighted by Crippen LogP contribution is 2.46. The molecule has 1 aromatic heterocycles. The number of aromatic nitrogens is 1. The lowest BCUT2D eigenvalue weighted by Gasteiger charge is -2.38. The number of fused-ring (bicyclic) bond motifs is 1. The first kappa shape index (κ1) is 33.3. The number of urea groups is 1. The van der Waals surface area contributed by atoms with Gasteiger partial charge in [0.15, 0.2) is 0 Å². The van der Waals surface area contributed by atoms with Crippen LogP contribution in [-0.2, 0) is 21.2 Å². The molecule has 2 fully saturated rings. The van der Waals surface area contributed by atoms with Gasteiger partial charge in [0.1, 0.15) is 11.4 Å². The number of anilines is 1. The molecule has 46 heavy (non-hydrogen) atoms. The highest BCUT2D eigenvalue weighted by molar-refractivity contribution is 7.89. The Morgan fingerprint density at radius 1 is 1.00 bits per heavy atom. The molecule has 0 unspecified atom stereocenters. The molecule has 1 saturated carbocycles. The molecule has 1 aliphatic heterocycles. The third kappa shape index (κ3) is 6.86. The van der Waals surface area contributed by atoms with Crippen LogP contribution in [0.25, 0.3) is 10.9 Å². The number of carbonyl (C=O) groups is 2. The van der Waals surface area contributed by atoms with Crippen molar-refractivity contribution < 1.29 is 27.5 Å². The van der Waals surface area contributed by atoms with Gasteiger partial charge in [-0.2, -0.15) is 4.31 Å². The van der Waals surface area contributed by atoms with Crippen molar-refractivity contribution in [1.82, 2.24) is 19.1 Å². The summed E-state index contributed by atoms with van der Waals surface area (Å²) in [7, 11) is 0.740. The molecule has 2 heterocycles. The van der Waals surface area contributed by atoms with Gasteiger partial charge in [-0.15, -0.1) is 0 Å². The van der Waals surface area contributed by atoms with E-state index in [9.17, 15) is 18.0 Å². The van der Waals surface area contributed by atoms with Crippen LogP contribution in [0.4, 0.5) is 15.3 Å². The quantitative estimate of drug-likeness (QED) is 0.333. The molecule has 0 radical (unpaired) electrons. The van der Waals surface area contributed by atoms with E-state index in [1.165, 1.54) is 0 Å². The summed E-state index contributed by atoms with van der Waals surface area (Å²) in [5.74, 6) is 0.761. The van der Waals surface area contributed by atoms with E-state index in [1.54, 1.807) is 70.8 Å². The van der Waals surface area contributed by atoms with Crippen molar-refractivity contribution in [1.29, 1.82) is 0 Å². The number of rotatable bonds is 7. The van der Waals surface area contributed by atoms with Crippen LogP contribution in [0.5, 0.6) is 5.75 Å². The fourth-order valence-electron chi connectivity index (χ4n) is 5.85. The molecule has 1 saturated heterocycles. The van der Waals surface area contributed by atoms with Gasteiger partial charge in [0.25, 0.3) is 10.0 Å². The molecule has 0 atom stereocenters. The minimum Gasteiger partial charge on any atom is -0.497 e. The Hall–Kier alpha value is -4.06. The number of ether oxygens (including phenoxy) is 2. The number of benzene rings is 2. The summed E-state index contributed by atoms with van der Waals surface area (Å²) in [6, 6.07) is 13.0. The van der Waals surface area contributed by atoms with Gasteiger partial charge in [0, 0.05) is 63.5 Å². The maximum Gasteiger partial charge on any atom is 0.424 e. The average molecular weight is 652 g/mol. The molecule has 0 spiro atoms. The van der Waals surface area contributed by atoms with Crippen molar-refractivity contribution in [3.8, 4) is 5.75 Å². The van der Waals surface area contributed by atoms with Gasteiger partial charge >= 0.3 is 12.1 Å². The number of hydrogen-bond acceptors (Lipinski definition) is 8. The third-order valence-corrected chi connectivity index (χ3v) is 10.4. The maximum atomic E-state index is 14.5. The highest BCUT2D eigenvalue weighted by Gasteiger charge is 2.53. The Morgan fingerprint density at radius 2 is 1.63 bits per heavy atom. The molecule has 248 valence electrons. The molecule has 11 nitrogen and oxygen atoms in total. The number of piperazine rings is 1. The van der Waals surface area contributed by atoms with Crippen molar-refractivity contribution in [2.45, 2.75) is 69.9 Å². The number of hydrogen-bond donors (Lipinski definition) is 0. The summed E-state index contributed by atoms with van der Waals surface area (Å²) < 4.78 is 40.8. The minimum absolute atomic E-state index is 0.0192. The molecule has 12 heteroatoms. The zero-order chi connectivity index (χ0) is 33.6. The Morgan fingerprint density at radius 3 is 2.17 bits per heavy atom. The third-order valence-electron chi connectivity index (χ3n) is 8.49. The second-order valence-electron chi connectivity index (χ2n) is 13.7. The highest BCUT2D eigenvalue weighted by atomic mass is 32.2. The Bertz CT molecular complexity index is 1740. The van der Waals surface area contributed by atoms with Crippen LogP contribution in [0, 0.1) is 6.92 Å². The number of aryl methyl sites for hydroxylation is 1. The number of nitrogens with zero attached hydrogens (tertiary/aromatic N) is 5. The maximum absolute atomic E-state index is 14.5. The van der Waals surface area contributed by atoms with Crippen LogP contribution in [-0.4, -0.2) is 98.2 Å². The lowest BCUT2D eigenvalue weighted by molar-refractivity contribution is 0.0331. The summed E-state index contributed by atoms with van der Waals surface area (Å²) in [6.07, 6.45) is 0.761. The first-order chi connectivity index (χ1) is 21.5. The Labute approximate surface area is 272 Å². The van der Waals surface area contributed by atoms with Gasteiger partial charge in [-0.3, -0.25) is 4.98 Å². The standard InChI is InChI=1S/C34H45N5O6S/c1-23-19-25(20-24-9-11-26(44-8)12-10-24)35-28-21-27(46(42,43)39(34(5)13-14-34)32(41)45-33(2,3)4)22-29(30(23)28)37-15-17-38(18-16-37)31(40)36(6)7/h9-12,19,21-22H,13-18,20H2,1-8H3. The van der Waals surface area contributed by atoms with E-state index >= 15 is 0 Å². The molecule has 3 amide bonds. The topological polar surface area (TPSA) is 113 Å². The van der Waals surface area contributed by atoms with E-state index in [0.29, 0.717) is 56.6 Å². The number of amides is 3. The lowest BCUT2D eigenvalue weighted by Crippen LogP contribution is -2.51. The van der Waals surface area contributed by atoms with Crippen LogP contribution >= 0.6 is 0 Å². The van der Waals surface area contributed by atoms with E-state index in [1.807, 2.05) is 37.3 Å². The first-order valence-electron chi connectivity index (χ1n) is 15.6. The lowest BCUT2D eigenvalue weighted by atomic mass is 10.0. The monoisotopic (exact) mass is 651 g/mol. The molecule has 0 N–H and O–H groups in total. The molecular formula is C34H45N5O6S. The van der Waals surface area contributed by atoms with E-state index in [0.717, 1.165) is 32.3 Å². The van der Waals surface area contributed by atoms with E-state index < -0.39 is 27.3 Å². The van der Waals surface area contributed by atoms with Crippen LogP contribution < -0.4 is 9.64 Å². The number of methoxy groups -OCH3 is 1. The predicted molar refractivity (Wildman–Crippen MR) is 178 cm³/mol. The average Bonchev–Trinajstić information content (AvgIpc) is 3.72. The van der Waals surface area contributed by atoms with Gasteiger partial charge in [-0.1, -0.05) is 12.1 Å². The smallest absolute Gasteiger partial charge is 0.424 e. The largest absolute Gasteiger partial charge is 0.497 e. The summed E-state index contributed by atoms with van der Waals surface area (Å²) in [5.41, 5.74) is 2.27. The molecule has 5 rings (SSSR count). The van der Waals surface area contributed by atoms with Crippen LogP contribution in [0.2, 0.25) is 0 Å². The predicted octanol–water partition coefficient (Wildman–Crippen LogP) is 5.42. The van der Waals surface area contributed by atoms with Crippen molar-refractivity contribution in [2.75, 3.05) is 52.3 Å². The molecule has 2 aliphatic rings. The normalized spacial score (nSPS) is 16.3. The molecule has 3 aromatic rings. The van der Waals surface area contributed by atoms with Crippen molar-refractivity contribution >= 4 is 38.7 Å². The van der Waals surface area contributed by atoms with Crippen molar-refractivity contribution in [2.24, 2.45) is 0 Å². The summed E-state index contributed by atoms with van der Waals surface area (Å²) in [6.45, 7) is 10.9.